The maximum Gasteiger partial charge on any atom is 0.245 e. The van der Waals surface area contributed by atoms with Gasteiger partial charge in [-0.3, -0.25) is 4.79 Å². The Hall–Kier alpha value is -2.61. The van der Waals surface area contributed by atoms with Gasteiger partial charge in [-0.05, 0) is 59.2 Å². The van der Waals surface area contributed by atoms with E-state index in [1.54, 1.807) is 4.90 Å². The number of carbonyl (C=O) groups excluding carboxylic acids is 1. The number of hydrogen-bond donors (Lipinski definition) is 0. The van der Waals surface area contributed by atoms with Crippen molar-refractivity contribution in [3.8, 4) is 0 Å². The molecule has 0 aromatic heterocycles. The molecule has 1 saturated carbocycles. The molecule has 1 fully saturated rings. The Bertz CT molecular complexity index is 1060. The van der Waals surface area contributed by atoms with Crippen molar-refractivity contribution in [1.82, 2.24) is 4.90 Å². The summed E-state index contributed by atoms with van der Waals surface area (Å²) in [6.45, 7) is 15.7. The highest BCUT2D eigenvalue weighted by Crippen LogP contribution is 2.56. The van der Waals surface area contributed by atoms with Crippen LogP contribution in [0.3, 0.4) is 0 Å². The van der Waals surface area contributed by atoms with Gasteiger partial charge in [0.25, 0.3) is 0 Å². The summed E-state index contributed by atoms with van der Waals surface area (Å²) in [4.78, 5) is 13.5. The third-order valence-corrected chi connectivity index (χ3v) is 7.41. The lowest BCUT2D eigenvalue weighted by Crippen LogP contribution is -2.30. The molecule has 0 bridgehead atoms. The number of likely N-dealkylation sites (N-methyl/N-ethyl adjacent to an activating group) is 1. The summed E-state index contributed by atoms with van der Waals surface area (Å²) in [6.07, 6.45) is 8.50. The quantitative estimate of drug-likeness (QED) is 0.413. The van der Waals surface area contributed by atoms with Crippen LogP contribution in [0.25, 0.3) is 0 Å². The lowest BCUT2D eigenvalue weighted by molar-refractivity contribution is -0.125. The number of hydrogen-bond acceptors (Lipinski definition) is 1. The molecule has 2 aliphatic rings. The fourth-order valence-electron chi connectivity index (χ4n) is 5.16. The van der Waals surface area contributed by atoms with Crippen LogP contribution in [0.1, 0.15) is 73.9 Å². The molecule has 0 saturated heterocycles. The van der Waals surface area contributed by atoms with Crippen molar-refractivity contribution in [1.29, 1.82) is 0 Å². The fraction of sp³-hybridized carbons (Fsp3) is 0.414. The van der Waals surface area contributed by atoms with Crippen LogP contribution >= 0.6 is 0 Å². The van der Waals surface area contributed by atoms with E-state index in [2.05, 4.69) is 89.7 Å². The van der Waals surface area contributed by atoms with Gasteiger partial charge < -0.3 is 4.90 Å². The highest BCUT2D eigenvalue weighted by atomic mass is 16.2. The van der Waals surface area contributed by atoms with Crippen molar-refractivity contribution in [2.24, 2.45) is 0 Å². The van der Waals surface area contributed by atoms with E-state index >= 15 is 0 Å². The van der Waals surface area contributed by atoms with Gasteiger partial charge in [0.2, 0.25) is 5.91 Å². The Labute approximate surface area is 187 Å². The third kappa shape index (κ3) is 3.67. The van der Waals surface area contributed by atoms with Crippen LogP contribution in [0.5, 0.6) is 0 Å². The van der Waals surface area contributed by atoms with Gasteiger partial charge in [-0.25, -0.2) is 0 Å². The summed E-state index contributed by atoms with van der Waals surface area (Å²) in [5.41, 5.74) is 8.59. The summed E-state index contributed by atoms with van der Waals surface area (Å²) >= 11 is 0. The first-order chi connectivity index (χ1) is 14.5. The molecule has 0 heterocycles. The maximum absolute atomic E-state index is 11.8. The van der Waals surface area contributed by atoms with Gasteiger partial charge in [-0.15, -0.1) is 0 Å². The van der Waals surface area contributed by atoms with Gasteiger partial charge in [-0.1, -0.05) is 82.8 Å². The van der Waals surface area contributed by atoms with E-state index in [0.717, 1.165) is 5.56 Å². The molecule has 2 aromatic rings. The zero-order valence-electron chi connectivity index (χ0n) is 19.9. The second-order valence-electron chi connectivity index (χ2n) is 10.7. The monoisotopic (exact) mass is 413 g/mol. The molecule has 31 heavy (non-hydrogen) atoms. The number of carbonyl (C=O) groups is 1. The van der Waals surface area contributed by atoms with Gasteiger partial charge in [0, 0.05) is 29.8 Å². The van der Waals surface area contributed by atoms with Crippen LogP contribution in [0.2, 0.25) is 0 Å². The fourth-order valence-corrected chi connectivity index (χ4v) is 5.16. The smallest absolute Gasteiger partial charge is 0.245 e. The third-order valence-electron chi connectivity index (χ3n) is 7.41. The topological polar surface area (TPSA) is 20.3 Å². The number of nitrogens with zero attached hydrogens (tertiary/aromatic N) is 1. The maximum atomic E-state index is 11.8. The van der Waals surface area contributed by atoms with Crippen molar-refractivity contribution in [3.05, 3.63) is 94.6 Å². The summed E-state index contributed by atoms with van der Waals surface area (Å²) in [7, 11) is 1.81. The van der Waals surface area contributed by atoms with E-state index in [9.17, 15) is 4.79 Å². The standard InChI is InChI=1S/C29H35NO/c1-8-26(31)30(7)19-21-9-11-22(12-10-21)29(15-16-29)23-18-25-24(17-20(23)2)27(3,4)13-14-28(25,5)6/h8-14,17-18H,1,15-16,19H2,2-7H3. The first kappa shape index (κ1) is 21.6. The molecule has 162 valence electrons. The van der Waals surface area contributed by atoms with Crippen molar-refractivity contribution < 1.29 is 4.79 Å². The van der Waals surface area contributed by atoms with Crippen molar-refractivity contribution in [2.75, 3.05) is 7.05 Å². The molecule has 0 radical (unpaired) electrons. The highest BCUT2D eigenvalue weighted by molar-refractivity contribution is 5.86. The van der Waals surface area contributed by atoms with E-state index in [0.29, 0.717) is 6.54 Å². The molecular formula is C29H35NO. The molecule has 0 atom stereocenters. The second kappa shape index (κ2) is 7.22. The first-order valence-electron chi connectivity index (χ1n) is 11.3. The van der Waals surface area contributed by atoms with Crippen molar-refractivity contribution in [3.63, 3.8) is 0 Å². The molecule has 0 aliphatic heterocycles. The molecule has 2 aliphatic carbocycles. The minimum atomic E-state index is -0.0491. The number of amides is 1. The minimum absolute atomic E-state index is 0.0491. The number of aryl methyl sites for hydroxylation is 1. The van der Waals surface area contributed by atoms with Crippen LogP contribution in [-0.4, -0.2) is 17.9 Å². The average Bonchev–Trinajstić information content (AvgIpc) is 3.53. The van der Waals surface area contributed by atoms with Crippen LogP contribution < -0.4 is 0 Å². The summed E-state index contributed by atoms with van der Waals surface area (Å²) in [6, 6.07) is 13.8. The minimum Gasteiger partial charge on any atom is -0.338 e. The van der Waals surface area contributed by atoms with Gasteiger partial charge >= 0.3 is 0 Å². The number of allylic oxidation sites excluding steroid dienone is 2. The van der Waals surface area contributed by atoms with Gasteiger partial charge in [-0.2, -0.15) is 0 Å². The lowest BCUT2D eigenvalue weighted by Gasteiger charge is -2.38. The lowest BCUT2D eigenvalue weighted by atomic mass is 9.66. The molecule has 4 rings (SSSR count). The van der Waals surface area contributed by atoms with Gasteiger partial charge in [0.15, 0.2) is 0 Å². The SMILES string of the molecule is C=CC(=O)N(C)Cc1ccc(C2(c3cc4c(cc3C)C(C)(C)C=CC4(C)C)CC2)cc1. The molecule has 2 nitrogen and oxygen atoms in total. The highest BCUT2D eigenvalue weighted by Gasteiger charge is 2.47. The Morgan fingerprint density at radius 1 is 0.968 bits per heavy atom. The summed E-state index contributed by atoms with van der Waals surface area (Å²) < 4.78 is 0. The molecule has 0 spiro atoms. The number of rotatable bonds is 5. The molecule has 1 amide bonds. The van der Waals surface area contributed by atoms with E-state index < -0.39 is 0 Å². The normalized spacial score (nSPS) is 19.4. The number of benzene rings is 2. The second-order valence-corrected chi connectivity index (χ2v) is 10.7. The van der Waals surface area contributed by atoms with Crippen LogP contribution in [-0.2, 0) is 27.6 Å². The van der Waals surface area contributed by atoms with E-state index in [4.69, 9.17) is 0 Å². The van der Waals surface area contributed by atoms with Crippen LogP contribution in [0, 0.1) is 6.92 Å². The summed E-state index contributed by atoms with van der Waals surface area (Å²) in [5, 5.41) is 0. The zero-order chi connectivity index (χ0) is 22.6. The average molecular weight is 414 g/mol. The van der Waals surface area contributed by atoms with Crippen molar-refractivity contribution in [2.45, 2.75) is 70.3 Å². The molecule has 0 N–H and O–H groups in total. The van der Waals surface area contributed by atoms with E-state index in [-0.39, 0.29) is 22.2 Å². The molecule has 0 unspecified atom stereocenters. The zero-order valence-corrected chi connectivity index (χ0v) is 19.9. The van der Waals surface area contributed by atoms with E-state index in [1.165, 1.54) is 46.7 Å². The number of fused-ring (bicyclic) bond motifs is 1. The summed E-state index contributed by atoms with van der Waals surface area (Å²) in [5.74, 6) is -0.0491. The Balaban J connectivity index is 1.69. The van der Waals surface area contributed by atoms with Crippen molar-refractivity contribution >= 4 is 5.91 Å². The van der Waals surface area contributed by atoms with Crippen LogP contribution in [0.15, 0.2) is 61.2 Å². The van der Waals surface area contributed by atoms with Gasteiger partial charge in [0.1, 0.15) is 0 Å². The Morgan fingerprint density at radius 2 is 1.52 bits per heavy atom. The predicted molar refractivity (Wildman–Crippen MR) is 129 cm³/mol. The predicted octanol–water partition coefficient (Wildman–Crippen LogP) is 6.34. The molecular weight excluding hydrogens is 378 g/mol. The molecule has 2 aromatic carbocycles. The first-order valence-corrected chi connectivity index (χ1v) is 11.3. The largest absolute Gasteiger partial charge is 0.338 e. The van der Waals surface area contributed by atoms with E-state index in [1.807, 2.05) is 7.05 Å². The van der Waals surface area contributed by atoms with Gasteiger partial charge in [0.05, 0.1) is 0 Å². The Kier molecular flexibility index (Phi) is 5.04. The Morgan fingerprint density at radius 3 is 2.03 bits per heavy atom. The van der Waals surface area contributed by atoms with Crippen LogP contribution in [0.4, 0.5) is 0 Å². The molecule has 2 heteroatoms.